The van der Waals surface area contributed by atoms with Crippen LogP contribution in [0.1, 0.15) is 10.4 Å². The number of sulfonamides is 1. The van der Waals surface area contributed by atoms with E-state index in [-0.39, 0.29) is 15.5 Å². The molecular weight excluding hydrogens is 391 g/mol. The minimum Gasteiger partial charge on any atom is -0.322 e. The molecule has 138 valence electrons. The molecule has 8 heteroatoms. The lowest BCUT2D eigenvalue weighted by Crippen LogP contribution is -2.14. The maximum Gasteiger partial charge on any atom is 0.261 e. The average Bonchev–Trinajstić information content (AvgIpc) is 2.65. The van der Waals surface area contributed by atoms with Crippen LogP contribution in [0.15, 0.2) is 77.7 Å². The maximum absolute atomic E-state index is 13.2. The Hall–Kier alpha value is -2.90. The largest absolute Gasteiger partial charge is 0.322 e. The van der Waals surface area contributed by atoms with Crippen molar-refractivity contribution in [3.8, 4) is 0 Å². The summed E-state index contributed by atoms with van der Waals surface area (Å²) in [6.07, 6.45) is 0. The summed E-state index contributed by atoms with van der Waals surface area (Å²) in [4.78, 5) is 12.3. The molecule has 3 aromatic carbocycles. The third kappa shape index (κ3) is 4.64. The third-order valence-electron chi connectivity index (χ3n) is 3.63. The summed E-state index contributed by atoms with van der Waals surface area (Å²) in [5.74, 6) is -1.06. The number of benzene rings is 3. The summed E-state index contributed by atoms with van der Waals surface area (Å²) in [6.45, 7) is 0. The fourth-order valence-electron chi connectivity index (χ4n) is 2.28. The Labute approximate surface area is 160 Å². The van der Waals surface area contributed by atoms with Crippen LogP contribution in [0.2, 0.25) is 5.02 Å². The molecule has 3 aromatic rings. The number of halogens is 2. The molecule has 0 bridgehead atoms. The minimum absolute atomic E-state index is 0.0210. The topological polar surface area (TPSA) is 75.3 Å². The first-order chi connectivity index (χ1) is 12.8. The number of hydrogen-bond acceptors (Lipinski definition) is 3. The van der Waals surface area contributed by atoms with Gasteiger partial charge in [0, 0.05) is 16.9 Å². The fraction of sp³-hybridized carbons (Fsp3) is 0. The Kier molecular flexibility index (Phi) is 5.43. The van der Waals surface area contributed by atoms with Gasteiger partial charge in [-0.25, -0.2) is 12.8 Å². The van der Waals surface area contributed by atoms with Gasteiger partial charge in [0.15, 0.2) is 0 Å². The highest BCUT2D eigenvalue weighted by atomic mass is 35.5. The van der Waals surface area contributed by atoms with E-state index in [1.165, 1.54) is 36.4 Å². The molecule has 3 rings (SSSR count). The van der Waals surface area contributed by atoms with E-state index in [9.17, 15) is 17.6 Å². The van der Waals surface area contributed by atoms with E-state index in [1.807, 2.05) is 0 Å². The van der Waals surface area contributed by atoms with Gasteiger partial charge < -0.3 is 5.32 Å². The van der Waals surface area contributed by atoms with Gasteiger partial charge in [-0.2, -0.15) is 0 Å². The third-order valence-corrected chi connectivity index (χ3v) is 5.32. The molecule has 1 amide bonds. The molecule has 0 spiro atoms. The standard InChI is InChI=1S/C19H14ClFN2O3S/c20-17-12-15(8-11-18(17)21)22-19(24)13-6-9-16(10-7-13)27(25,26)23-14-4-2-1-3-5-14/h1-12,23H,(H,22,24). The molecule has 0 heterocycles. The molecule has 0 saturated heterocycles. The van der Waals surface area contributed by atoms with Gasteiger partial charge in [-0.05, 0) is 54.6 Å². The summed E-state index contributed by atoms with van der Waals surface area (Å²) in [5.41, 5.74) is 1.01. The van der Waals surface area contributed by atoms with Crippen LogP contribution in [0.3, 0.4) is 0 Å². The SMILES string of the molecule is O=C(Nc1ccc(F)c(Cl)c1)c1ccc(S(=O)(=O)Nc2ccccc2)cc1. The highest BCUT2D eigenvalue weighted by Crippen LogP contribution is 2.21. The molecule has 0 radical (unpaired) electrons. The minimum atomic E-state index is -3.77. The monoisotopic (exact) mass is 404 g/mol. The smallest absolute Gasteiger partial charge is 0.261 e. The lowest BCUT2D eigenvalue weighted by Gasteiger charge is -2.09. The first-order valence-electron chi connectivity index (χ1n) is 7.79. The molecule has 0 aliphatic heterocycles. The van der Waals surface area contributed by atoms with Crippen LogP contribution in [-0.4, -0.2) is 14.3 Å². The predicted octanol–water partition coefficient (Wildman–Crippen LogP) is 4.53. The van der Waals surface area contributed by atoms with Gasteiger partial charge in [0.2, 0.25) is 0 Å². The molecule has 0 fully saturated rings. The maximum atomic E-state index is 13.2. The van der Waals surface area contributed by atoms with E-state index in [4.69, 9.17) is 11.6 Å². The highest BCUT2D eigenvalue weighted by molar-refractivity contribution is 7.92. The Morgan fingerprint density at radius 2 is 1.56 bits per heavy atom. The Morgan fingerprint density at radius 3 is 2.19 bits per heavy atom. The summed E-state index contributed by atoms with van der Waals surface area (Å²) in [6, 6.07) is 17.7. The molecule has 2 N–H and O–H groups in total. The Morgan fingerprint density at radius 1 is 0.889 bits per heavy atom. The lowest BCUT2D eigenvalue weighted by molar-refractivity contribution is 0.102. The van der Waals surface area contributed by atoms with E-state index in [2.05, 4.69) is 10.0 Å². The molecule has 0 aromatic heterocycles. The number of nitrogens with one attached hydrogen (secondary N) is 2. The first-order valence-corrected chi connectivity index (χ1v) is 9.65. The van der Waals surface area contributed by atoms with Crippen LogP contribution in [-0.2, 0) is 10.0 Å². The van der Waals surface area contributed by atoms with Crippen molar-refractivity contribution >= 4 is 38.9 Å². The van der Waals surface area contributed by atoms with Crippen molar-refractivity contribution in [2.75, 3.05) is 10.0 Å². The van der Waals surface area contributed by atoms with Gasteiger partial charge in [-0.3, -0.25) is 9.52 Å². The molecule has 0 saturated carbocycles. The van der Waals surface area contributed by atoms with Crippen molar-refractivity contribution in [2.24, 2.45) is 0 Å². The zero-order valence-electron chi connectivity index (χ0n) is 13.8. The van der Waals surface area contributed by atoms with Crippen LogP contribution >= 0.6 is 11.6 Å². The summed E-state index contributed by atoms with van der Waals surface area (Å²) >= 11 is 5.68. The van der Waals surface area contributed by atoms with Crippen LogP contribution in [0.5, 0.6) is 0 Å². The van der Waals surface area contributed by atoms with Gasteiger partial charge in [-0.15, -0.1) is 0 Å². The van der Waals surface area contributed by atoms with Crippen molar-refractivity contribution in [3.05, 3.63) is 89.2 Å². The van der Waals surface area contributed by atoms with Crippen LogP contribution < -0.4 is 10.0 Å². The molecule has 0 unspecified atom stereocenters. The van der Waals surface area contributed by atoms with E-state index >= 15 is 0 Å². The molecule has 5 nitrogen and oxygen atoms in total. The van der Waals surface area contributed by atoms with Crippen molar-refractivity contribution in [1.29, 1.82) is 0 Å². The predicted molar refractivity (Wildman–Crippen MR) is 103 cm³/mol. The Balaban J connectivity index is 1.74. The zero-order valence-corrected chi connectivity index (χ0v) is 15.4. The lowest BCUT2D eigenvalue weighted by atomic mass is 10.2. The van der Waals surface area contributed by atoms with E-state index in [0.717, 1.165) is 6.07 Å². The van der Waals surface area contributed by atoms with Gasteiger partial charge in [0.05, 0.1) is 9.92 Å². The molecular formula is C19H14ClFN2O3S. The van der Waals surface area contributed by atoms with Gasteiger partial charge in [-0.1, -0.05) is 29.8 Å². The van der Waals surface area contributed by atoms with Crippen LogP contribution in [0.25, 0.3) is 0 Å². The number of anilines is 2. The van der Waals surface area contributed by atoms with Gasteiger partial charge in [0.25, 0.3) is 15.9 Å². The number of rotatable bonds is 5. The second-order valence-corrected chi connectivity index (χ2v) is 7.67. The van der Waals surface area contributed by atoms with E-state index < -0.39 is 21.7 Å². The van der Waals surface area contributed by atoms with Gasteiger partial charge in [0.1, 0.15) is 5.82 Å². The quantitative estimate of drug-likeness (QED) is 0.655. The molecule has 0 aliphatic carbocycles. The first kappa shape index (κ1) is 18.9. The summed E-state index contributed by atoms with van der Waals surface area (Å²) in [5, 5.41) is 2.46. The molecule has 0 aliphatic rings. The fourth-order valence-corrected chi connectivity index (χ4v) is 3.52. The summed E-state index contributed by atoms with van der Waals surface area (Å²) < 4.78 is 40.4. The van der Waals surface area contributed by atoms with Crippen molar-refractivity contribution in [3.63, 3.8) is 0 Å². The number of carbonyl (C=O) groups is 1. The van der Waals surface area contributed by atoms with E-state index in [1.54, 1.807) is 30.3 Å². The van der Waals surface area contributed by atoms with Crippen LogP contribution in [0.4, 0.5) is 15.8 Å². The van der Waals surface area contributed by atoms with E-state index in [0.29, 0.717) is 11.4 Å². The van der Waals surface area contributed by atoms with Crippen molar-refractivity contribution in [1.82, 2.24) is 0 Å². The Bertz CT molecular complexity index is 1070. The average molecular weight is 405 g/mol. The zero-order chi connectivity index (χ0) is 19.4. The highest BCUT2D eigenvalue weighted by Gasteiger charge is 2.15. The second kappa shape index (κ2) is 7.77. The second-order valence-electron chi connectivity index (χ2n) is 5.58. The summed E-state index contributed by atoms with van der Waals surface area (Å²) in [7, 11) is -3.77. The molecule has 27 heavy (non-hydrogen) atoms. The van der Waals surface area contributed by atoms with Crippen molar-refractivity contribution < 1.29 is 17.6 Å². The molecule has 0 atom stereocenters. The van der Waals surface area contributed by atoms with Gasteiger partial charge >= 0.3 is 0 Å². The number of amides is 1. The van der Waals surface area contributed by atoms with Crippen LogP contribution in [0, 0.1) is 5.82 Å². The number of hydrogen-bond donors (Lipinski definition) is 2. The van der Waals surface area contributed by atoms with Crippen molar-refractivity contribution in [2.45, 2.75) is 4.90 Å². The normalized spacial score (nSPS) is 11.0. The number of para-hydroxylation sites is 1. The number of carbonyl (C=O) groups excluding carboxylic acids is 1.